The fourth-order valence-corrected chi connectivity index (χ4v) is 4.50. The molecule has 4 rings (SSSR count). The van der Waals surface area contributed by atoms with Crippen LogP contribution in [0, 0.1) is 0 Å². The van der Waals surface area contributed by atoms with Crippen molar-refractivity contribution in [1.29, 1.82) is 0 Å². The van der Waals surface area contributed by atoms with Gasteiger partial charge in [0.1, 0.15) is 5.75 Å². The summed E-state index contributed by atoms with van der Waals surface area (Å²) in [7, 11) is -4.13. The molecule has 1 fully saturated rings. The second-order valence-electron chi connectivity index (χ2n) is 8.50. The minimum absolute atomic E-state index is 0.0312. The Hall–Kier alpha value is -3.36. The molecule has 3 N–H and O–H groups in total. The van der Waals surface area contributed by atoms with Crippen molar-refractivity contribution in [2.45, 2.75) is 36.4 Å². The molecule has 0 radical (unpaired) electrons. The van der Waals surface area contributed by atoms with Gasteiger partial charge in [-0.05, 0) is 36.8 Å². The number of carbonyl (C=O) groups is 1. The molecular formula is C23H21F5N4O4S. The van der Waals surface area contributed by atoms with Crippen molar-refractivity contribution in [2.24, 2.45) is 5.14 Å². The van der Waals surface area contributed by atoms with Gasteiger partial charge in [0, 0.05) is 42.9 Å². The number of amides is 1. The summed E-state index contributed by atoms with van der Waals surface area (Å²) >= 11 is 0. The number of sulfonamides is 1. The van der Waals surface area contributed by atoms with Crippen LogP contribution in [0.4, 0.5) is 22.0 Å². The van der Waals surface area contributed by atoms with Gasteiger partial charge in [0.2, 0.25) is 15.9 Å². The van der Waals surface area contributed by atoms with Crippen LogP contribution in [0.1, 0.15) is 29.6 Å². The number of carbonyl (C=O) groups excluding carboxylic acids is 1. The Balaban J connectivity index is 1.78. The van der Waals surface area contributed by atoms with E-state index in [4.69, 9.17) is 5.14 Å². The third-order valence-electron chi connectivity index (χ3n) is 5.68. The molecule has 0 atom stereocenters. The second kappa shape index (κ2) is 9.84. The first kappa shape index (κ1) is 26.7. The average molecular weight is 545 g/mol. The minimum Gasteiger partial charge on any atom is -0.406 e. The molecule has 14 heteroatoms. The van der Waals surface area contributed by atoms with E-state index in [9.17, 15) is 35.2 Å². The average Bonchev–Trinajstić information content (AvgIpc) is 2.96. The van der Waals surface area contributed by atoms with Crippen LogP contribution < -0.4 is 15.3 Å². The first-order chi connectivity index (χ1) is 17.2. The predicted molar refractivity (Wildman–Crippen MR) is 123 cm³/mol. The Labute approximate surface area is 208 Å². The van der Waals surface area contributed by atoms with Crippen LogP contribution in [-0.4, -0.2) is 49.7 Å². The quantitative estimate of drug-likeness (QED) is 0.465. The number of primary sulfonamides is 1. The number of halogens is 5. The number of aromatic nitrogens is 1. The molecule has 3 aromatic rings. The highest BCUT2D eigenvalue weighted by atomic mass is 32.2. The van der Waals surface area contributed by atoms with Gasteiger partial charge in [-0.15, -0.1) is 13.2 Å². The van der Waals surface area contributed by atoms with Gasteiger partial charge in [0.05, 0.1) is 21.7 Å². The normalized spacial score (nSPS) is 16.8. The van der Waals surface area contributed by atoms with E-state index in [1.54, 1.807) is 0 Å². The Morgan fingerprint density at radius 3 is 2.54 bits per heavy atom. The number of rotatable bonds is 5. The highest BCUT2D eigenvalue weighted by Crippen LogP contribution is 2.31. The summed E-state index contributed by atoms with van der Waals surface area (Å²) < 4.78 is 93.2. The monoisotopic (exact) mass is 544 g/mol. The van der Waals surface area contributed by atoms with Crippen LogP contribution in [0.15, 0.2) is 53.4 Å². The summed E-state index contributed by atoms with van der Waals surface area (Å²) in [4.78, 5) is 17.3. The maximum atomic E-state index is 13.7. The standard InChI is InChI=1S/C23H21F5N4O4S/c24-22(25)7-2-9-32(10-8-22)31-21(33)18-12-14-5-6-16(36-23(26,27)28)13-19(14)30-20(18)15-3-1-4-17(11-15)37(29,34)35/h1,3-6,11-13H,2,7-10H2,(H,31,33)(H2,29,34,35). The highest BCUT2D eigenvalue weighted by molar-refractivity contribution is 7.89. The van der Waals surface area contributed by atoms with Crippen molar-refractivity contribution in [1.82, 2.24) is 15.4 Å². The molecule has 1 amide bonds. The number of benzene rings is 2. The molecule has 37 heavy (non-hydrogen) atoms. The van der Waals surface area contributed by atoms with E-state index in [0.717, 1.165) is 12.1 Å². The Morgan fingerprint density at radius 1 is 1.08 bits per heavy atom. The Kier molecular flexibility index (Phi) is 7.10. The first-order valence-electron chi connectivity index (χ1n) is 11.0. The van der Waals surface area contributed by atoms with E-state index < -0.39 is 40.4 Å². The number of hydrogen-bond acceptors (Lipinski definition) is 6. The lowest BCUT2D eigenvalue weighted by atomic mass is 10.0. The third-order valence-corrected chi connectivity index (χ3v) is 6.59. The zero-order valence-electron chi connectivity index (χ0n) is 19.1. The molecule has 0 spiro atoms. The summed E-state index contributed by atoms with van der Waals surface area (Å²) in [6.07, 6.45) is -5.56. The van der Waals surface area contributed by atoms with Crippen molar-refractivity contribution in [3.63, 3.8) is 0 Å². The zero-order valence-corrected chi connectivity index (χ0v) is 19.9. The molecule has 8 nitrogen and oxygen atoms in total. The summed E-state index contributed by atoms with van der Waals surface area (Å²) in [5.74, 6) is -4.11. The molecular weight excluding hydrogens is 523 g/mol. The predicted octanol–water partition coefficient (Wildman–Crippen LogP) is 4.21. The number of alkyl halides is 5. The number of nitrogens with zero attached hydrogens (tertiary/aromatic N) is 2. The van der Waals surface area contributed by atoms with Gasteiger partial charge < -0.3 is 4.74 Å². The van der Waals surface area contributed by atoms with Gasteiger partial charge >= 0.3 is 6.36 Å². The van der Waals surface area contributed by atoms with Gasteiger partial charge in [0.25, 0.3) is 5.91 Å². The van der Waals surface area contributed by atoms with E-state index in [1.807, 2.05) is 0 Å². The van der Waals surface area contributed by atoms with Crippen molar-refractivity contribution in [2.75, 3.05) is 13.1 Å². The summed E-state index contributed by atoms with van der Waals surface area (Å²) in [6.45, 7) is 0.0742. The van der Waals surface area contributed by atoms with Crippen LogP contribution in [0.2, 0.25) is 0 Å². The van der Waals surface area contributed by atoms with Gasteiger partial charge in [-0.25, -0.2) is 32.3 Å². The molecule has 1 saturated heterocycles. The molecule has 198 valence electrons. The van der Waals surface area contributed by atoms with Gasteiger partial charge in [-0.3, -0.25) is 10.2 Å². The highest BCUT2D eigenvalue weighted by Gasteiger charge is 2.33. The van der Waals surface area contributed by atoms with Crippen molar-refractivity contribution in [3.05, 3.63) is 54.1 Å². The SMILES string of the molecule is NS(=O)(=O)c1cccc(-c2nc3cc(OC(F)(F)F)ccc3cc2C(=O)NN2CCCC(F)(F)CC2)c1. The van der Waals surface area contributed by atoms with Crippen LogP contribution in [-0.2, 0) is 10.0 Å². The van der Waals surface area contributed by atoms with Crippen LogP contribution in [0.3, 0.4) is 0 Å². The number of hydrazine groups is 1. The lowest BCUT2D eigenvalue weighted by molar-refractivity contribution is -0.274. The molecule has 1 aromatic heterocycles. The first-order valence-corrected chi connectivity index (χ1v) is 12.5. The molecule has 0 bridgehead atoms. The van der Waals surface area contributed by atoms with E-state index in [-0.39, 0.29) is 58.6 Å². The molecule has 2 aromatic carbocycles. The van der Waals surface area contributed by atoms with Gasteiger partial charge in [-0.2, -0.15) is 0 Å². The maximum Gasteiger partial charge on any atom is 0.573 e. The third kappa shape index (κ3) is 6.70. The largest absolute Gasteiger partial charge is 0.573 e. The molecule has 0 unspecified atom stereocenters. The van der Waals surface area contributed by atoms with Crippen molar-refractivity contribution in [3.8, 4) is 17.0 Å². The number of fused-ring (bicyclic) bond motifs is 1. The molecule has 1 aliphatic rings. The number of pyridine rings is 1. The smallest absolute Gasteiger partial charge is 0.406 e. The Bertz CT molecular complexity index is 1450. The molecule has 1 aliphatic heterocycles. The fourth-order valence-electron chi connectivity index (χ4n) is 3.94. The number of ether oxygens (including phenoxy) is 1. The molecule has 0 saturated carbocycles. The minimum atomic E-state index is -4.94. The van der Waals surface area contributed by atoms with E-state index in [2.05, 4.69) is 15.1 Å². The Morgan fingerprint density at radius 2 is 1.84 bits per heavy atom. The van der Waals surface area contributed by atoms with Gasteiger partial charge in [-0.1, -0.05) is 12.1 Å². The van der Waals surface area contributed by atoms with E-state index in [1.165, 1.54) is 41.4 Å². The summed E-state index contributed by atoms with van der Waals surface area (Å²) in [6, 6.07) is 9.92. The fraction of sp³-hybridized carbons (Fsp3) is 0.304. The van der Waals surface area contributed by atoms with Crippen molar-refractivity contribution >= 4 is 26.8 Å². The van der Waals surface area contributed by atoms with E-state index in [0.29, 0.717) is 0 Å². The van der Waals surface area contributed by atoms with E-state index >= 15 is 0 Å². The van der Waals surface area contributed by atoms with Crippen LogP contribution >= 0.6 is 0 Å². The second-order valence-corrected chi connectivity index (χ2v) is 10.1. The van der Waals surface area contributed by atoms with Crippen LogP contribution in [0.5, 0.6) is 5.75 Å². The summed E-state index contributed by atoms with van der Waals surface area (Å²) in [5.41, 5.74) is 2.64. The molecule has 0 aliphatic carbocycles. The summed E-state index contributed by atoms with van der Waals surface area (Å²) in [5, 5.41) is 6.86. The lowest BCUT2D eigenvalue weighted by Gasteiger charge is -2.22. The maximum absolute atomic E-state index is 13.7. The number of hydrogen-bond donors (Lipinski definition) is 2. The zero-order chi connectivity index (χ0) is 27.0. The van der Waals surface area contributed by atoms with Gasteiger partial charge in [0.15, 0.2) is 0 Å². The topological polar surface area (TPSA) is 115 Å². The number of nitrogens with two attached hydrogens (primary N) is 1. The number of nitrogens with one attached hydrogen (secondary N) is 1. The molecule has 2 heterocycles. The van der Waals surface area contributed by atoms with Crippen LogP contribution in [0.25, 0.3) is 22.2 Å². The lowest BCUT2D eigenvalue weighted by Crippen LogP contribution is -2.43. The van der Waals surface area contributed by atoms with Crippen molar-refractivity contribution < 1.29 is 39.9 Å².